The number of pyridine rings is 1. The van der Waals surface area contributed by atoms with Gasteiger partial charge in [-0.1, -0.05) is 0 Å². The fourth-order valence-electron chi connectivity index (χ4n) is 3.74. The fraction of sp³-hybridized carbons (Fsp3) is 0.250. The topological polar surface area (TPSA) is 67.5 Å². The summed E-state index contributed by atoms with van der Waals surface area (Å²) in [7, 11) is 1.76. The molecule has 28 heavy (non-hydrogen) atoms. The molecule has 1 aliphatic heterocycles. The molecule has 4 aromatic rings. The first kappa shape index (κ1) is 16.9. The number of benzene rings is 1. The van der Waals surface area contributed by atoms with Gasteiger partial charge >= 0.3 is 0 Å². The van der Waals surface area contributed by atoms with Gasteiger partial charge in [-0.3, -0.25) is 13.9 Å². The van der Waals surface area contributed by atoms with E-state index in [0.717, 1.165) is 26.2 Å². The molecule has 3 aromatic heterocycles. The van der Waals surface area contributed by atoms with Crippen LogP contribution in [-0.4, -0.2) is 45.3 Å². The molecule has 1 aromatic carbocycles. The first-order valence-corrected chi connectivity index (χ1v) is 9.21. The van der Waals surface area contributed by atoms with Gasteiger partial charge in [-0.2, -0.15) is 5.10 Å². The molecule has 1 aliphatic rings. The highest BCUT2D eigenvalue weighted by molar-refractivity contribution is 5.84. The zero-order chi connectivity index (χ0) is 19.3. The van der Waals surface area contributed by atoms with Crippen molar-refractivity contribution in [1.82, 2.24) is 24.5 Å². The Bertz CT molecular complexity index is 1260. The Labute approximate surface area is 160 Å². The number of hydrogen-bond donors (Lipinski definition) is 1. The summed E-state index contributed by atoms with van der Waals surface area (Å²) in [4.78, 5) is 19.6. The van der Waals surface area contributed by atoms with Crippen LogP contribution in [0.1, 0.15) is 0 Å². The van der Waals surface area contributed by atoms with Gasteiger partial charge in [-0.25, -0.2) is 9.37 Å². The van der Waals surface area contributed by atoms with E-state index in [1.54, 1.807) is 34.6 Å². The number of hydrogen-bond acceptors (Lipinski definition) is 5. The second-order valence-corrected chi connectivity index (χ2v) is 7.00. The SMILES string of the molecule is Cn1cc2cc(-c3ccn4c(=O)c(N5CCNCC5)ccc4n3)cc(F)c2n1. The van der Waals surface area contributed by atoms with Gasteiger partial charge in [0, 0.05) is 56.6 Å². The van der Waals surface area contributed by atoms with Gasteiger partial charge in [-0.05, 0) is 30.3 Å². The highest BCUT2D eigenvalue weighted by Gasteiger charge is 2.16. The molecular weight excluding hydrogens is 359 g/mol. The van der Waals surface area contributed by atoms with Gasteiger partial charge in [0.05, 0.1) is 5.69 Å². The lowest BCUT2D eigenvalue weighted by Gasteiger charge is -2.28. The molecule has 1 saturated heterocycles. The van der Waals surface area contributed by atoms with Gasteiger partial charge in [0.15, 0.2) is 5.82 Å². The van der Waals surface area contributed by atoms with E-state index in [2.05, 4.69) is 20.3 Å². The van der Waals surface area contributed by atoms with Gasteiger partial charge < -0.3 is 10.2 Å². The van der Waals surface area contributed by atoms with Crippen molar-refractivity contribution < 1.29 is 4.39 Å². The van der Waals surface area contributed by atoms with Crippen LogP contribution in [0.15, 0.2) is 47.5 Å². The zero-order valence-electron chi connectivity index (χ0n) is 15.4. The van der Waals surface area contributed by atoms with Crippen molar-refractivity contribution >= 4 is 22.2 Å². The van der Waals surface area contributed by atoms with Crippen LogP contribution in [0.4, 0.5) is 10.1 Å². The summed E-state index contributed by atoms with van der Waals surface area (Å²) in [5.74, 6) is -0.388. The Morgan fingerprint density at radius 1 is 1.14 bits per heavy atom. The minimum absolute atomic E-state index is 0.0904. The third-order valence-electron chi connectivity index (χ3n) is 5.12. The van der Waals surface area contributed by atoms with Crippen LogP contribution >= 0.6 is 0 Å². The lowest BCUT2D eigenvalue weighted by atomic mass is 10.1. The Morgan fingerprint density at radius 3 is 2.79 bits per heavy atom. The van der Waals surface area contributed by atoms with E-state index in [0.29, 0.717) is 33.5 Å². The van der Waals surface area contributed by atoms with Gasteiger partial charge in [0.25, 0.3) is 5.56 Å². The average Bonchev–Trinajstić information content (AvgIpc) is 3.09. The van der Waals surface area contributed by atoms with Gasteiger partial charge in [0.1, 0.15) is 16.9 Å². The lowest BCUT2D eigenvalue weighted by molar-refractivity contribution is 0.587. The van der Waals surface area contributed by atoms with E-state index in [1.807, 2.05) is 18.2 Å². The first-order valence-electron chi connectivity index (χ1n) is 9.21. The molecule has 1 fully saturated rings. The van der Waals surface area contributed by atoms with Crippen molar-refractivity contribution in [2.75, 3.05) is 31.1 Å². The maximum absolute atomic E-state index is 14.4. The molecule has 0 saturated carbocycles. The van der Waals surface area contributed by atoms with E-state index in [9.17, 15) is 9.18 Å². The summed E-state index contributed by atoms with van der Waals surface area (Å²) in [6.07, 6.45) is 3.48. The van der Waals surface area contributed by atoms with Gasteiger partial charge in [0.2, 0.25) is 0 Å². The third kappa shape index (κ3) is 2.73. The Morgan fingerprint density at radius 2 is 1.96 bits per heavy atom. The number of nitrogens with zero attached hydrogens (tertiary/aromatic N) is 5. The van der Waals surface area contributed by atoms with Crippen LogP contribution in [0.25, 0.3) is 27.8 Å². The van der Waals surface area contributed by atoms with Crippen molar-refractivity contribution in [2.45, 2.75) is 0 Å². The minimum atomic E-state index is -0.388. The molecular formula is C20H19FN6O. The van der Waals surface area contributed by atoms with Crippen LogP contribution in [0.2, 0.25) is 0 Å². The number of fused-ring (bicyclic) bond motifs is 2. The Balaban J connectivity index is 1.59. The Kier molecular flexibility index (Phi) is 3.87. The quantitative estimate of drug-likeness (QED) is 0.576. The second kappa shape index (κ2) is 6.42. The van der Waals surface area contributed by atoms with E-state index >= 15 is 0 Å². The number of piperazine rings is 1. The molecule has 0 aliphatic carbocycles. The molecule has 0 spiro atoms. The second-order valence-electron chi connectivity index (χ2n) is 7.00. The fourth-order valence-corrected chi connectivity index (χ4v) is 3.74. The molecule has 0 radical (unpaired) electrons. The summed E-state index contributed by atoms with van der Waals surface area (Å²) in [5, 5.41) is 8.13. The van der Waals surface area contributed by atoms with Crippen LogP contribution in [-0.2, 0) is 7.05 Å². The molecule has 1 N–H and O–H groups in total. The normalized spacial score (nSPS) is 14.9. The summed E-state index contributed by atoms with van der Waals surface area (Å²) in [5.41, 5.74) is 2.72. The average molecular weight is 378 g/mol. The van der Waals surface area contributed by atoms with Crippen LogP contribution in [0.5, 0.6) is 0 Å². The molecule has 8 heteroatoms. The van der Waals surface area contributed by atoms with Crippen LogP contribution in [0.3, 0.4) is 0 Å². The van der Waals surface area contributed by atoms with Crippen molar-refractivity contribution in [3.8, 4) is 11.3 Å². The van der Waals surface area contributed by atoms with E-state index in [1.165, 1.54) is 6.07 Å². The predicted octanol–water partition coefficient (Wildman–Crippen LogP) is 1.80. The van der Waals surface area contributed by atoms with Crippen molar-refractivity contribution in [1.29, 1.82) is 0 Å². The smallest absolute Gasteiger partial charge is 0.279 e. The number of aryl methyl sites for hydroxylation is 1. The molecule has 0 bridgehead atoms. The van der Waals surface area contributed by atoms with Crippen molar-refractivity contribution in [3.05, 3.63) is 58.9 Å². The summed E-state index contributed by atoms with van der Waals surface area (Å²) in [6.45, 7) is 3.33. The maximum Gasteiger partial charge on any atom is 0.279 e. The largest absolute Gasteiger partial charge is 0.365 e. The highest BCUT2D eigenvalue weighted by atomic mass is 19.1. The lowest BCUT2D eigenvalue weighted by Crippen LogP contribution is -2.45. The summed E-state index contributed by atoms with van der Waals surface area (Å²) < 4.78 is 17.5. The predicted molar refractivity (Wildman–Crippen MR) is 106 cm³/mol. The monoisotopic (exact) mass is 378 g/mol. The zero-order valence-corrected chi connectivity index (χ0v) is 15.4. The molecule has 0 atom stereocenters. The van der Waals surface area contributed by atoms with Crippen LogP contribution < -0.4 is 15.8 Å². The standard InChI is InChI=1S/C20H19FN6O/c1-25-12-14-10-13(11-15(21)19(14)24-25)16-4-7-27-18(23-16)3-2-17(20(27)28)26-8-5-22-6-9-26/h2-4,7,10-12,22H,5-6,8-9H2,1H3. The van der Waals surface area contributed by atoms with Crippen LogP contribution in [0, 0.1) is 5.82 Å². The molecule has 7 nitrogen and oxygen atoms in total. The Hall–Kier alpha value is -3.26. The summed E-state index contributed by atoms with van der Waals surface area (Å²) in [6, 6.07) is 8.69. The number of rotatable bonds is 2. The number of aromatic nitrogens is 4. The molecule has 142 valence electrons. The maximum atomic E-state index is 14.4. The molecule has 5 rings (SSSR count). The van der Waals surface area contributed by atoms with Gasteiger partial charge in [-0.15, -0.1) is 0 Å². The molecule has 4 heterocycles. The third-order valence-corrected chi connectivity index (χ3v) is 5.12. The van der Waals surface area contributed by atoms with Crippen molar-refractivity contribution in [3.63, 3.8) is 0 Å². The van der Waals surface area contributed by atoms with E-state index < -0.39 is 0 Å². The highest BCUT2D eigenvalue weighted by Crippen LogP contribution is 2.25. The van der Waals surface area contributed by atoms with Crippen molar-refractivity contribution in [2.24, 2.45) is 7.05 Å². The first-order chi connectivity index (χ1) is 13.6. The number of anilines is 1. The van der Waals surface area contributed by atoms with E-state index in [-0.39, 0.29) is 11.4 Å². The molecule has 0 amide bonds. The molecule has 0 unspecified atom stereocenters. The van der Waals surface area contributed by atoms with E-state index in [4.69, 9.17) is 0 Å². The minimum Gasteiger partial charge on any atom is -0.365 e. The number of nitrogens with one attached hydrogen (secondary N) is 1. The summed E-state index contributed by atoms with van der Waals surface area (Å²) >= 11 is 0. The number of halogens is 1.